The monoisotopic (exact) mass is 239 g/mol. The predicted octanol–water partition coefficient (Wildman–Crippen LogP) is 2.42. The highest BCUT2D eigenvalue weighted by atomic mass is 35.5. The first kappa shape index (κ1) is 11.7. The summed E-state index contributed by atoms with van der Waals surface area (Å²) in [6, 6.07) is 6.32. The average molecular weight is 240 g/mol. The Morgan fingerprint density at radius 1 is 1.44 bits per heavy atom. The van der Waals surface area contributed by atoms with Crippen molar-refractivity contribution in [2.75, 3.05) is 19.5 Å². The Morgan fingerprint density at radius 3 is 3.00 bits per heavy atom. The standard InChI is InChI=1S/C13H18ClNO/c1-15(7-6-14)12-4-2-11-9-13(16)5-3-10(11)8-12/h3,5,9,12,16H,2,4,6-8H2,1H3/t12-/m0/s1. The van der Waals surface area contributed by atoms with Gasteiger partial charge < -0.3 is 10.0 Å². The summed E-state index contributed by atoms with van der Waals surface area (Å²) in [5.74, 6) is 1.07. The molecule has 16 heavy (non-hydrogen) atoms. The number of phenols is 1. The Kier molecular flexibility index (Phi) is 3.72. The molecule has 0 unspecified atom stereocenters. The summed E-state index contributed by atoms with van der Waals surface area (Å²) in [5, 5.41) is 9.42. The van der Waals surface area contributed by atoms with Crippen molar-refractivity contribution in [2.24, 2.45) is 0 Å². The van der Waals surface area contributed by atoms with Crippen LogP contribution in [0.15, 0.2) is 18.2 Å². The summed E-state index contributed by atoms with van der Waals surface area (Å²) in [4.78, 5) is 2.34. The van der Waals surface area contributed by atoms with E-state index in [9.17, 15) is 5.11 Å². The molecular formula is C13H18ClNO. The van der Waals surface area contributed by atoms with Crippen LogP contribution in [-0.2, 0) is 12.8 Å². The fourth-order valence-corrected chi connectivity index (χ4v) is 2.68. The van der Waals surface area contributed by atoms with Gasteiger partial charge >= 0.3 is 0 Å². The van der Waals surface area contributed by atoms with Crippen molar-refractivity contribution < 1.29 is 5.11 Å². The van der Waals surface area contributed by atoms with Crippen LogP contribution in [0.3, 0.4) is 0 Å². The highest BCUT2D eigenvalue weighted by Crippen LogP contribution is 2.26. The van der Waals surface area contributed by atoms with E-state index in [0.29, 0.717) is 17.7 Å². The lowest BCUT2D eigenvalue weighted by molar-refractivity contribution is 0.234. The maximum Gasteiger partial charge on any atom is 0.115 e. The van der Waals surface area contributed by atoms with Gasteiger partial charge in [0.2, 0.25) is 0 Å². The number of phenolic OH excluding ortho intramolecular Hbond substituents is 1. The average Bonchev–Trinajstić information content (AvgIpc) is 2.28. The zero-order chi connectivity index (χ0) is 11.5. The Balaban J connectivity index is 2.09. The molecular weight excluding hydrogens is 222 g/mol. The molecule has 0 saturated heterocycles. The van der Waals surface area contributed by atoms with Gasteiger partial charge in [0, 0.05) is 18.5 Å². The largest absolute Gasteiger partial charge is 0.508 e. The van der Waals surface area contributed by atoms with Crippen LogP contribution in [0.4, 0.5) is 0 Å². The van der Waals surface area contributed by atoms with Crippen molar-refractivity contribution in [1.29, 1.82) is 0 Å². The number of likely N-dealkylation sites (N-methyl/N-ethyl adjacent to an activating group) is 1. The van der Waals surface area contributed by atoms with Crippen molar-refractivity contribution in [3.05, 3.63) is 29.3 Å². The lowest BCUT2D eigenvalue weighted by Gasteiger charge is -2.32. The first-order chi connectivity index (χ1) is 7.70. The molecule has 1 aliphatic rings. The third-order valence-corrected chi connectivity index (χ3v) is 3.62. The summed E-state index contributed by atoms with van der Waals surface area (Å²) < 4.78 is 0. The molecule has 0 spiro atoms. The lowest BCUT2D eigenvalue weighted by atomic mass is 9.87. The number of hydrogen-bond acceptors (Lipinski definition) is 2. The molecule has 1 aromatic rings. The molecule has 0 saturated carbocycles. The maximum absolute atomic E-state index is 9.42. The molecule has 1 aromatic carbocycles. The van der Waals surface area contributed by atoms with Crippen LogP contribution in [0.25, 0.3) is 0 Å². The van der Waals surface area contributed by atoms with E-state index in [4.69, 9.17) is 11.6 Å². The topological polar surface area (TPSA) is 23.5 Å². The second-order valence-corrected chi connectivity index (χ2v) is 4.90. The van der Waals surface area contributed by atoms with E-state index in [-0.39, 0.29) is 0 Å². The van der Waals surface area contributed by atoms with Crippen LogP contribution in [-0.4, -0.2) is 35.5 Å². The van der Waals surface area contributed by atoms with Crippen LogP contribution >= 0.6 is 11.6 Å². The molecule has 88 valence electrons. The highest BCUT2D eigenvalue weighted by Gasteiger charge is 2.21. The van der Waals surface area contributed by atoms with E-state index in [1.807, 2.05) is 12.1 Å². The third kappa shape index (κ3) is 2.50. The second-order valence-electron chi connectivity index (χ2n) is 4.52. The zero-order valence-electron chi connectivity index (χ0n) is 9.62. The van der Waals surface area contributed by atoms with Crippen LogP contribution < -0.4 is 0 Å². The fourth-order valence-electron chi connectivity index (χ4n) is 2.41. The molecule has 0 bridgehead atoms. The van der Waals surface area contributed by atoms with Gasteiger partial charge in [-0.15, -0.1) is 11.6 Å². The van der Waals surface area contributed by atoms with Gasteiger partial charge in [0.15, 0.2) is 0 Å². The molecule has 0 aliphatic heterocycles. The molecule has 1 aliphatic carbocycles. The number of aryl methyl sites for hydroxylation is 1. The smallest absolute Gasteiger partial charge is 0.115 e. The van der Waals surface area contributed by atoms with Crippen LogP contribution in [0.2, 0.25) is 0 Å². The van der Waals surface area contributed by atoms with Crippen molar-refractivity contribution in [1.82, 2.24) is 4.90 Å². The Morgan fingerprint density at radius 2 is 2.25 bits per heavy atom. The number of fused-ring (bicyclic) bond motifs is 1. The van der Waals surface area contributed by atoms with Crippen molar-refractivity contribution >= 4 is 11.6 Å². The molecule has 0 fully saturated rings. The van der Waals surface area contributed by atoms with Crippen molar-refractivity contribution in [2.45, 2.75) is 25.3 Å². The van der Waals surface area contributed by atoms with Gasteiger partial charge in [-0.05, 0) is 49.6 Å². The van der Waals surface area contributed by atoms with Crippen LogP contribution in [0.1, 0.15) is 17.5 Å². The Hall–Kier alpha value is -0.730. The minimum atomic E-state index is 0.381. The fraction of sp³-hybridized carbons (Fsp3) is 0.538. The van der Waals surface area contributed by atoms with Gasteiger partial charge in [0.1, 0.15) is 5.75 Å². The zero-order valence-corrected chi connectivity index (χ0v) is 10.4. The first-order valence-electron chi connectivity index (χ1n) is 5.77. The maximum atomic E-state index is 9.42. The summed E-state index contributed by atoms with van der Waals surface area (Å²) in [5.41, 5.74) is 2.67. The Bertz CT molecular complexity index is 367. The number of alkyl halides is 1. The number of halogens is 1. The molecule has 0 radical (unpaired) electrons. The van der Waals surface area contributed by atoms with Gasteiger partial charge in [-0.3, -0.25) is 0 Å². The minimum Gasteiger partial charge on any atom is -0.508 e. The van der Waals surface area contributed by atoms with E-state index in [1.165, 1.54) is 11.1 Å². The van der Waals surface area contributed by atoms with Crippen molar-refractivity contribution in [3.63, 3.8) is 0 Å². The second kappa shape index (κ2) is 5.07. The van der Waals surface area contributed by atoms with Gasteiger partial charge in [-0.2, -0.15) is 0 Å². The molecule has 3 heteroatoms. The summed E-state index contributed by atoms with van der Waals surface area (Å²) >= 11 is 5.76. The lowest BCUT2D eigenvalue weighted by Crippen LogP contribution is -2.37. The van der Waals surface area contributed by atoms with Gasteiger partial charge in [-0.25, -0.2) is 0 Å². The molecule has 1 N–H and O–H groups in total. The number of nitrogens with zero attached hydrogens (tertiary/aromatic N) is 1. The summed E-state index contributed by atoms with van der Waals surface area (Å²) in [7, 11) is 2.14. The molecule has 1 atom stereocenters. The summed E-state index contributed by atoms with van der Waals surface area (Å²) in [6.45, 7) is 0.944. The van der Waals surface area contributed by atoms with Gasteiger partial charge in [0.05, 0.1) is 0 Å². The molecule has 0 aromatic heterocycles. The molecule has 0 amide bonds. The Labute approximate surface area is 102 Å². The minimum absolute atomic E-state index is 0.381. The third-order valence-electron chi connectivity index (χ3n) is 3.45. The van der Waals surface area contributed by atoms with E-state index < -0.39 is 0 Å². The van der Waals surface area contributed by atoms with Crippen molar-refractivity contribution in [3.8, 4) is 5.75 Å². The quantitative estimate of drug-likeness (QED) is 0.819. The van der Waals surface area contributed by atoms with E-state index >= 15 is 0 Å². The first-order valence-corrected chi connectivity index (χ1v) is 6.31. The molecule has 2 nitrogen and oxygen atoms in total. The van der Waals surface area contributed by atoms with Gasteiger partial charge in [0.25, 0.3) is 0 Å². The SMILES string of the molecule is CN(CCCl)[C@H]1CCc2cc(O)ccc2C1. The van der Waals surface area contributed by atoms with Crippen LogP contribution in [0.5, 0.6) is 5.75 Å². The van der Waals surface area contributed by atoms with Crippen LogP contribution in [0, 0.1) is 0 Å². The number of aromatic hydroxyl groups is 1. The number of rotatable bonds is 3. The molecule has 2 rings (SSSR count). The van der Waals surface area contributed by atoms with Gasteiger partial charge in [-0.1, -0.05) is 6.07 Å². The highest BCUT2D eigenvalue weighted by molar-refractivity contribution is 6.18. The molecule has 0 heterocycles. The summed E-state index contributed by atoms with van der Waals surface area (Å²) in [6.07, 6.45) is 3.29. The number of benzene rings is 1. The number of hydrogen-bond donors (Lipinski definition) is 1. The van der Waals surface area contributed by atoms with E-state index in [1.54, 1.807) is 6.07 Å². The van der Waals surface area contributed by atoms with E-state index in [0.717, 1.165) is 25.8 Å². The van der Waals surface area contributed by atoms with E-state index in [2.05, 4.69) is 11.9 Å². The normalized spacial score (nSPS) is 19.8. The predicted molar refractivity (Wildman–Crippen MR) is 67.3 cm³/mol.